The SMILES string of the molecule is CC(=O)N(C)Cc1cccc(NC(=O)Cc2nnc(-c3ccccc3)n2C)c1. The summed E-state index contributed by atoms with van der Waals surface area (Å²) in [5.74, 6) is 1.12. The Hall–Kier alpha value is -3.48. The Kier molecular flexibility index (Phi) is 5.84. The second kappa shape index (κ2) is 8.47. The van der Waals surface area contributed by atoms with Gasteiger partial charge in [-0.3, -0.25) is 9.59 Å². The molecule has 28 heavy (non-hydrogen) atoms. The van der Waals surface area contributed by atoms with Crippen molar-refractivity contribution in [1.29, 1.82) is 0 Å². The van der Waals surface area contributed by atoms with E-state index in [-0.39, 0.29) is 18.2 Å². The second-order valence-corrected chi connectivity index (χ2v) is 6.67. The van der Waals surface area contributed by atoms with Crippen molar-refractivity contribution < 1.29 is 9.59 Å². The van der Waals surface area contributed by atoms with Crippen LogP contribution in [0.15, 0.2) is 54.6 Å². The van der Waals surface area contributed by atoms with Crippen LogP contribution in [0.25, 0.3) is 11.4 Å². The highest BCUT2D eigenvalue weighted by Crippen LogP contribution is 2.17. The molecule has 0 saturated carbocycles. The van der Waals surface area contributed by atoms with Crippen molar-refractivity contribution in [3.05, 3.63) is 66.0 Å². The van der Waals surface area contributed by atoms with Crippen LogP contribution in [0.2, 0.25) is 0 Å². The average molecular weight is 377 g/mol. The third kappa shape index (κ3) is 4.62. The van der Waals surface area contributed by atoms with Crippen molar-refractivity contribution in [2.75, 3.05) is 12.4 Å². The molecule has 0 saturated heterocycles. The molecule has 0 radical (unpaired) electrons. The molecule has 0 aliphatic carbocycles. The fourth-order valence-corrected chi connectivity index (χ4v) is 2.84. The van der Waals surface area contributed by atoms with Gasteiger partial charge in [-0.2, -0.15) is 0 Å². The number of carbonyl (C=O) groups excluding carboxylic acids is 2. The summed E-state index contributed by atoms with van der Waals surface area (Å²) in [6.45, 7) is 2.01. The van der Waals surface area contributed by atoms with Crippen LogP contribution in [-0.4, -0.2) is 38.5 Å². The molecule has 0 fully saturated rings. The highest BCUT2D eigenvalue weighted by molar-refractivity contribution is 5.92. The highest BCUT2D eigenvalue weighted by atomic mass is 16.2. The minimum Gasteiger partial charge on any atom is -0.342 e. The number of hydrogen-bond acceptors (Lipinski definition) is 4. The zero-order valence-corrected chi connectivity index (χ0v) is 16.2. The summed E-state index contributed by atoms with van der Waals surface area (Å²) in [6.07, 6.45) is 0.119. The fourth-order valence-electron chi connectivity index (χ4n) is 2.84. The van der Waals surface area contributed by atoms with E-state index in [1.165, 1.54) is 6.92 Å². The molecule has 1 aromatic heterocycles. The van der Waals surface area contributed by atoms with Crippen molar-refractivity contribution in [3.63, 3.8) is 0 Å². The van der Waals surface area contributed by atoms with Gasteiger partial charge in [-0.05, 0) is 17.7 Å². The second-order valence-electron chi connectivity index (χ2n) is 6.67. The van der Waals surface area contributed by atoms with Crippen LogP contribution in [0.3, 0.4) is 0 Å². The maximum absolute atomic E-state index is 12.5. The standard InChI is InChI=1S/C21H23N5O2/c1-15(27)25(2)14-16-8-7-11-18(12-16)22-20(28)13-19-23-24-21(26(19)3)17-9-5-4-6-10-17/h4-12H,13-14H2,1-3H3,(H,22,28). The molecule has 144 valence electrons. The van der Waals surface area contributed by atoms with Crippen molar-refractivity contribution >= 4 is 17.5 Å². The van der Waals surface area contributed by atoms with Gasteiger partial charge in [0.25, 0.3) is 0 Å². The van der Waals surface area contributed by atoms with Crippen LogP contribution in [0, 0.1) is 0 Å². The molecule has 0 bridgehead atoms. The molecule has 7 nitrogen and oxygen atoms in total. The number of anilines is 1. The van der Waals surface area contributed by atoms with Gasteiger partial charge in [0.2, 0.25) is 11.8 Å². The van der Waals surface area contributed by atoms with E-state index in [0.717, 1.165) is 17.0 Å². The van der Waals surface area contributed by atoms with E-state index in [2.05, 4.69) is 15.5 Å². The van der Waals surface area contributed by atoms with E-state index in [1.807, 2.05) is 66.2 Å². The summed E-state index contributed by atoms with van der Waals surface area (Å²) >= 11 is 0. The topological polar surface area (TPSA) is 80.1 Å². The average Bonchev–Trinajstić information content (AvgIpc) is 3.03. The number of aromatic nitrogens is 3. The first kappa shape index (κ1) is 19.3. The predicted octanol–water partition coefficient (Wildman–Crippen LogP) is 2.64. The lowest BCUT2D eigenvalue weighted by Gasteiger charge is -2.15. The van der Waals surface area contributed by atoms with Crippen LogP contribution in [0.1, 0.15) is 18.3 Å². The van der Waals surface area contributed by atoms with E-state index in [1.54, 1.807) is 11.9 Å². The Morgan fingerprint density at radius 3 is 2.54 bits per heavy atom. The molecule has 0 spiro atoms. The Morgan fingerprint density at radius 1 is 1.07 bits per heavy atom. The Balaban J connectivity index is 1.67. The van der Waals surface area contributed by atoms with Gasteiger partial charge in [0.05, 0.1) is 6.42 Å². The zero-order valence-electron chi connectivity index (χ0n) is 16.2. The third-order valence-electron chi connectivity index (χ3n) is 4.48. The van der Waals surface area contributed by atoms with Crippen molar-refractivity contribution in [1.82, 2.24) is 19.7 Å². The van der Waals surface area contributed by atoms with Crippen LogP contribution < -0.4 is 5.32 Å². The summed E-state index contributed by atoms with van der Waals surface area (Å²) in [5.41, 5.74) is 2.58. The smallest absolute Gasteiger partial charge is 0.232 e. The molecular formula is C21H23N5O2. The quantitative estimate of drug-likeness (QED) is 0.716. The van der Waals surface area contributed by atoms with Gasteiger partial charge in [0, 0.05) is 38.8 Å². The molecule has 0 unspecified atom stereocenters. The first-order chi connectivity index (χ1) is 13.4. The lowest BCUT2D eigenvalue weighted by atomic mass is 10.2. The van der Waals surface area contributed by atoms with Crippen LogP contribution in [0.5, 0.6) is 0 Å². The summed E-state index contributed by atoms with van der Waals surface area (Å²) in [4.78, 5) is 25.5. The van der Waals surface area contributed by atoms with E-state index in [4.69, 9.17) is 0 Å². The largest absolute Gasteiger partial charge is 0.342 e. The van der Waals surface area contributed by atoms with E-state index >= 15 is 0 Å². The Bertz CT molecular complexity index is 981. The molecule has 0 aliphatic heterocycles. The molecule has 2 aromatic carbocycles. The maximum atomic E-state index is 12.5. The molecule has 7 heteroatoms. The Morgan fingerprint density at radius 2 is 1.82 bits per heavy atom. The number of benzene rings is 2. The Labute approximate surface area is 164 Å². The minimum atomic E-state index is -0.174. The molecule has 3 rings (SSSR count). The number of amides is 2. The molecule has 3 aromatic rings. The van der Waals surface area contributed by atoms with Gasteiger partial charge in [0.1, 0.15) is 5.82 Å². The van der Waals surface area contributed by atoms with Crippen molar-refractivity contribution in [3.8, 4) is 11.4 Å². The van der Waals surface area contributed by atoms with Gasteiger partial charge in [-0.15, -0.1) is 10.2 Å². The van der Waals surface area contributed by atoms with Crippen LogP contribution in [-0.2, 0) is 29.6 Å². The van der Waals surface area contributed by atoms with E-state index < -0.39 is 0 Å². The van der Waals surface area contributed by atoms with Gasteiger partial charge in [-0.25, -0.2) is 0 Å². The van der Waals surface area contributed by atoms with Crippen LogP contribution in [0.4, 0.5) is 5.69 Å². The number of nitrogens with zero attached hydrogens (tertiary/aromatic N) is 4. The summed E-state index contributed by atoms with van der Waals surface area (Å²) in [5, 5.41) is 11.2. The molecule has 0 atom stereocenters. The van der Waals surface area contributed by atoms with Crippen molar-refractivity contribution in [2.24, 2.45) is 7.05 Å². The normalized spacial score (nSPS) is 10.5. The summed E-state index contributed by atoms with van der Waals surface area (Å²) < 4.78 is 1.83. The van der Waals surface area contributed by atoms with Gasteiger partial charge < -0.3 is 14.8 Å². The molecule has 1 heterocycles. The highest BCUT2D eigenvalue weighted by Gasteiger charge is 2.14. The zero-order chi connectivity index (χ0) is 20.1. The molecule has 0 aliphatic rings. The lowest BCUT2D eigenvalue weighted by Crippen LogP contribution is -2.23. The number of hydrogen-bond donors (Lipinski definition) is 1. The molecule has 1 N–H and O–H groups in total. The minimum absolute atomic E-state index is 0.00839. The molecular weight excluding hydrogens is 354 g/mol. The summed E-state index contributed by atoms with van der Waals surface area (Å²) in [6, 6.07) is 17.2. The number of nitrogens with one attached hydrogen (secondary N) is 1. The van der Waals surface area contributed by atoms with Crippen molar-refractivity contribution in [2.45, 2.75) is 19.9 Å². The predicted molar refractivity (Wildman–Crippen MR) is 107 cm³/mol. The maximum Gasteiger partial charge on any atom is 0.232 e. The van der Waals surface area contributed by atoms with E-state index in [0.29, 0.717) is 18.1 Å². The third-order valence-corrected chi connectivity index (χ3v) is 4.48. The number of rotatable bonds is 6. The fraction of sp³-hybridized carbons (Fsp3) is 0.238. The van der Waals surface area contributed by atoms with Gasteiger partial charge in [0.15, 0.2) is 5.82 Å². The van der Waals surface area contributed by atoms with Gasteiger partial charge in [-0.1, -0.05) is 42.5 Å². The monoisotopic (exact) mass is 377 g/mol. The first-order valence-electron chi connectivity index (χ1n) is 8.98. The first-order valence-corrected chi connectivity index (χ1v) is 8.98. The summed E-state index contributed by atoms with van der Waals surface area (Å²) in [7, 11) is 3.59. The van der Waals surface area contributed by atoms with Gasteiger partial charge >= 0.3 is 0 Å². The lowest BCUT2D eigenvalue weighted by molar-refractivity contribution is -0.128. The van der Waals surface area contributed by atoms with Crippen LogP contribution >= 0.6 is 0 Å². The molecule has 2 amide bonds. The number of carbonyl (C=O) groups is 2. The van der Waals surface area contributed by atoms with E-state index in [9.17, 15) is 9.59 Å².